The van der Waals surface area contributed by atoms with Gasteiger partial charge in [-0.2, -0.15) is 4.98 Å². The molecule has 0 saturated carbocycles. The van der Waals surface area contributed by atoms with Gasteiger partial charge in [-0.05, 0) is 26.1 Å². The Hall–Kier alpha value is -2.48. The van der Waals surface area contributed by atoms with E-state index in [4.69, 9.17) is 4.52 Å². The zero-order valence-electron chi connectivity index (χ0n) is 12.4. The molecule has 3 rings (SSSR count). The van der Waals surface area contributed by atoms with E-state index in [0.717, 1.165) is 12.1 Å². The van der Waals surface area contributed by atoms with Crippen LogP contribution < -0.4 is 4.90 Å². The molecule has 1 saturated heterocycles. The minimum Gasteiger partial charge on any atom is -0.480 e. The molecule has 1 aliphatic heterocycles. The number of carboxylic acid groups (broad SMARTS) is 1. The Morgan fingerprint density at radius 1 is 1.45 bits per heavy atom. The van der Waals surface area contributed by atoms with E-state index in [0.29, 0.717) is 30.6 Å². The maximum atomic E-state index is 11.3. The number of rotatable bonds is 3. The average molecular weight is 303 g/mol. The second-order valence-electron chi connectivity index (χ2n) is 5.33. The maximum Gasteiger partial charge on any atom is 0.322 e. The molecule has 0 amide bonds. The first-order valence-electron chi connectivity index (χ1n) is 6.99. The smallest absolute Gasteiger partial charge is 0.322 e. The minimum absolute atomic E-state index is 0.394. The summed E-state index contributed by atoms with van der Waals surface area (Å²) < 4.78 is 5.16. The van der Waals surface area contributed by atoms with E-state index in [1.807, 2.05) is 22.9 Å². The minimum atomic E-state index is -0.823. The van der Waals surface area contributed by atoms with Crippen LogP contribution in [0.15, 0.2) is 22.9 Å². The third kappa shape index (κ3) is 2.77. The quantitative estimate of drug-likeness (QED) is 0.883. The molecule has 22 heavy (non-hydrogen) atoms. The van der Waals surface area contributed by atoms with Gasteiger partial charge in [-0.25, -0.2) is 4.98 Å². The molecule has 8 nitrogen and oxygen atoms in total. The lowest BCUT2D eigenvalue weighted by molar-refractivity contribution is -0.142. The van der Waals surface area contributed by atoms with Crippen molar-refractivity contribution in [2.45, 2.75) is 13.0 Å². The number of hydrogen-bond acceptors (Lipinski definition) is 7. The first-order valence-corrected chi connectivity index (χ1v) is 6.99. The molecule has 1 atom stereocenters. The summed E-state index contributed by atoms with van der Waals surface area (Å²) in [5.74, 6) is 0.896. The highest BCUT2D eigenvalue weighted by Gasteiger charge is 2.30. The van der Waals surface area contributed by atoms with Crippen molar-refractivity contribution in [3.05, 3.63) is 24.2 Å². The molecule has 3 heterocycles. The van der Waals surface area contributed by atoms with Gasteiger partial charge in [0.15, 0.2) is 5.82 Å². The number of nitrogens with zero attached hydrogens (tertiary/aromatic N) is 5. The van der Waals surface area contributed by atoms with Gasteiger partial charge in [0, 0.05) is 31.4 Å². The van der Waals surface area contributed by atoms with Crippen molar-refractivity contribution in [2.75, 3.05) is 31.6 Å². The fraction of sp³-hybridized carbons (Fsp3) is 0.429. The number of aliphatic carboxylic acids is 1. The Morgan fingerprint density at radius 2 is 2.27 bits per heavy atom. The van der Waals surface area contributed by atoms with Crippen molar-refractivity contribution in [3.8, 4) is 11.5 Å². The van der Waals surface area contributed by atoms with Crippen LogP contribution >= 0.6 is 0 Å². The zero-order chi connectivity index (χ0) is 15.7. The fourth-order valence-electron chi connectivity index (χ4n) is 2.49. The van der Waals surface area contributed by atoms with Gasteiger partial charge in [-0.15, -0.1) is 0 Å². The van der Waals surface area contributed by atoms with Gasteiger partial charge >= 0.3 is 5.97 Å². The van der Waals surface area contributed by atoms with Gasteiger partial charge in [0.2, 0.25) is 0 Å². The van der Waals surface area contributed by atoms with Crippen molar-refractivity contribution in [2.24, 2.45) is 0 Å². The second kappa shape index (κ2) is 5.72. The number of piperazine rings is 1. The lowest BCUT2D eigenvalue weighted by Gasteiger charge is -2.37. The highest BCUT2D eigenvalue weighted by Crippen LogP contribution is 2.23. The Morgan fingerprint density at radius 3 is 2.95 bits per heavy atom. The standard InChI is InChI=1S/C14H17N5O3/c1-9-16-13(22-17-9)10-3-4-15-12(7-10)19-6-5-18(2)11(8-19)14(20)21/h3-4,7,11H,5-6,8H2,1-2H3,(H,20,21)/t11-/m1/s1. The SMILES string of the molecule is Cc1noc(-c2ccnc(N3CCN(C)[C@@H](C(=O)O)C3)c2)n1. The largest absolute Gasteiger partial charge is 0.480 e. The molecular weight excluding hydrogens is 286 g/mol. The van der Waals surface area contributed by atoms with Gasteiger partial charge < -0.3 is 14.5 Å². The Balaban J connectivity index is 1.84. The van der Waals surface area contributed by atoms with Crippen LogP contribution in [0.2, 0.25) is 0 Å². The summed E-state index contributed by atoms with van der Waals surface area (Å²) in [6.45, 7) is 3.54. The molecule has 0 bridgehead atoms. The molecule has 1 aliphatic rings. The number of pyridine rings is 1. The van der Waals surface area contributed by atoms with Crippen LogP contribution in [0.25, 0.3) is 11.5 Å². The van der Waals surface area contributed by atoms with Gasteiger partial charge in [-0.3, -0.25) is 9.69 Å². The van der Waals surface area contributed by atoms with Crippen LogP contribution in [0.5, 0.6) is 0 Å². The van der Waals surface area contributed by atoms with E-state index in [1.165, 1.54) is 0 Å². The van der Waals surface area contributed by atoms with Gasteiger partial charge in [-0.1, -0.05) is 5.16 Å². The van der Waals surface area contributed by atoms with E-state index >= 15 is 0 Å². The van der Waals surface area contributed by atoms with Crippen molar-refractivity contribution in [1.29, 1.82) is 0 Å². The Labute approximate surface area is 127 Å². The van der Waals surface area contributed by atoms with Gasteiger partial charge in [0.05, 0.1) is 0 Å². The number of anilines is 1. The first kappa shape index (κ1) is 14.5. The lowest BCUT2D eigenvalue weighted by atomic mass is 10.1. The zero-order valence-corrected chi connectivity index (χ0v) is 12.4. The fourth-order valence-corrected chi connectivity index (χ4v) is 2.49. The van der Waals surface area contributed by atoms with Crippen LogP contribution in [-0.2, 0) is 4.79 Å². The molecule has 0 aromatic carbocycles. The lowest BCUT2D eigenvalue weighted by Crippen LogP contribution is -2.55. The summed E-state index contributed by atoms with van der Waals surface area (Å²) in [5.41, 5.74) is 0.774. The number of hydrogen-bond donors (Lipinski definition) is 1. The number of likely N-dealkylation sites (N-methyl/N-ethyl adjacent to an activating group) is 1. The molecule has 0 radical (unpaired) electrons. The van der Waals surface area contributed by atoms with Crippen molar-refractivity contribution < 1.29 is 14.4 Å². The Bertz CT molecular complexity index is 687. The van der Waals surface area contributed by atoms with E-state index in [1.54, 1.807) is 19.2 Å². The van der Waals surface area contributed by atoms with Gasteiger partial charge in [0.1, 0.15) is 11.9 Å². The van der Waals surface area contributed by atoms with Crippen LogP contribution in [0.3, 0.4) is 0 Å². The summed E-state index contributed by atoms with van der Waals surface area (Å²) in [4.78, 5) is 23.6. The summed E-state index contributed by atoms with van der Waals surface area (Å²) in [5, 5.41) is 13.1. The van der Waals surface area contributed by atoms with E-state index < -0.39 is 12.0 Å². The molecule has 8 heteroatoms. The number of carbonyl (C=O) groups is 1. The third-order valence-electron chi connectivity index (χ3n) is 3.78. The van der Waals surface area contributed by atoms with Crippen LogP contribution in [0.4, 0.5) is 5.82 Å². The molecule has 2 aromatic heterocycles. The molecule has 116 valence electrons. The molecule has 0 spiro atoms. The monoisotopic (exact) mass is 303 g/mol. The molecule has 1 fully saturated rings. The average Bonchev–Trinajstić information content (AvgIpc) is 2.94. The molecule has 2 aromatic rings. The van der Waals surface area contributed by atoms with Crippen LogP contribution in [0.1, 0.15) is 5.82 Å². The summed E-state index contributed by atoms with van der Waals surface area (Å²) in [6, 6.07) is 3.10. The molecule has 1 N–H and O–H groups in total. The van der Waals surface area contributed by atoms with Gasteiger partial charge in [0.25, 0.3) is 5.89 Å². The van der Waals surface area contributed by atoms with E-state index in [9.17, 15) is 9.90 Å². The molecule has 0 aliphatic carbocycles. The predicted molar refractivity (Wildman–Crippen MR) is 78.5 cm³/mol. The van der Waals surface area contributed by atoms with Crippen molar-refractivity contribution in [3.63, 3.8) is 0 Å². The summed E-state index contributed by atoms with van der Waals surface area (Å²) >= 11 is 0. The molecular formula is C14H17N5O3. The second-order valence-corrected chi connectivity index (χ2v) is 5.33. The highest BCUT2D eigenvalue weighted by atomic mass is 16.5. The van der Waals surface area contributed by atoms with E-state index in [2.05, 4.69) is 15.1 Å². The summed E-state index contributed by atoms with van der Waals surface area (Å²) in [7, 11) is 1.82. The highest BCUT2D eigenvalue weighted by molar-refractivity contribution is 5.75. The predicted octanol–water partition coefficient (Wildman–Crippen LogP) is 0.645. The maximum absolute atomic E-state index is 11.3. The van der Waals surface area contributed by atoms with Crippen LogP contribution in [-0.4, -0.2) is 63.8 Å². The topological polar surface area (TPSA) is 95.6 Å². The number of aryl methyl sites for hydroxylation is 1. The normalized spacial score (nSPS) is 19.4. The van der Waals surface area contributed by atoms with Crippen molar-refractivity contribution >= 4 is 11.8 Å². The number of aromatic nitrogens is 3. The van der Waals surface area contributed by atoms with E-state index in [-0.39, 0.29) is 0 Å². The summed E-state index contributed by atoms with van der Waals surface area (Å²) in [6.07, 6.45) is 1.66. The number of carboxylic acids is 1. The Kier molecular flexibility index (Phi) is 3.76. The third-order valence-corrected chi connectivity index (χ3v) is 3.78. The van der Waals surface area contributed by atoms with Crippen LogP contribution in [0, 0.1) is 6.92 Å². The molecule has 0 unspecified atom stereocenters. The first-order chi connectivity index (χ1) is 10.5. The van der Waals surface area contributed by atoms with Crippen molar-refractivity contribution in [1.82, 2.24) is 20.0 Å².